The average Bonchev–Trinajstić information content (AvgIpc) is 2.45. The van der Waals surface area contributed by atoms with Gasteiger partial charge in [0.1, 0.15) is 12.6 Å². The Morgan fingerprint density at radius 1 is 1.50 bits per heavy atom. The van der Waals surface area contributed by atoms with Crippen LogP contribution in [-0.2, 0) is 14.3 Å². The maximum Gasteiger partial charge on any atom is 0.323 e. The Kier molecular flexibility index (Phi) is 4.94. The van der Waals surface area contributed by atoms with Gasteiger partial charge in [0.2, 0.25) is 0 Å². The van der Waals surface area contributed by atoms with Gasteiger partial charge in [-0.25, -0.2) is 0 Å². The highest BCUT2D eigenvalue weighted by molar-refractivity contribution is 6.31. The Morgan fingerprint density at radius 2 is 2.30 bits per heavy atom. The minimum atomic E-state index is -1.10. The van der Waals surface area contributed by atoms with Gasteiger partial charge < -0.3 is 15.2 Å². The van der Waals surface area contributed by atoms with E-state index in [0.29, 0.717) is 30.4 Å². The van der Waals surface area contributed by atoms with Gasteiger partial charge >= 0.3 is 5.97 Å². The first-order chi connectivity index (χ1) is 9.58. The summed E-state index contributed by atoms with van der Waals surface area (Å²) in [7, 11) is 0. The van der Waals surface area contributed by atoms with Gasteiger partial charge in [0.15, 0.2) is 0 Å². The van der Waals surface area contributed by atoms with Crippen molar-refractivity contribution in [2.24, 2.45) is 0 Å². The Labute approximate surface area is 121 Å². The highest BCUT2D eigenvalue weighted by atomic mass is 35.5. The van der Waals surface area contributed by atoms with Crippen molar-refractivity contribution in [2.75, 3.05) is 31.1 Å². The number of carbonyl (C=O) groups excluding carboxylic acids is 1. The zero-order valence-corrected chi connectivity index (χ0v) is 11.5. The van der Waals surface area contributed by atoms with E-state index in [-0.39, 0.29) is 5.91 Å². The third-order valence-electron chi connectivity index (χ3n) is 2.88. The SMILES string of the molecule is O=C(O)CN(C(=O)C1CNCCO1)c1cccc(Cl)c1. The lowest BCUT2D eigenvalue weighted by Crippen LogP contribution is -2.50. The lowest BCUT2D eigenvalue weighted by Gasteiger charge is -2.29. The molecule has 0 aromatic heterocycles. The van der Waals surface area contributed by atoms with Crippen molar-refractivity contribution in [3.8, 4) is 0 Å². The standard InChI is InChI=1S/C13H15ClN2O4/c14-9-2-1-3-10(6-9)16(8-12(17)18)13(19)11-7-15-4-5-20-11/h1-3,6,11,15H,4-5,7-8H2,(H,17,18). The Bertz CT molecular complexity index is 503. The van der Waals surface area contributed by atoms with Crippen LogP contribution in [0.4, 0.5) is 5.69 Å². The van der Waals surface area contributed by atoms with Crippen molar-refractivity contribution in [2.45, 2.75) is 6.10 Å². The molecule has 0 aliphatic carbocycles. The summed E-state index contributed by atoms with van der Waals surface area (Å²) in [6.07, 6.45) is -0.679. The number of ether oxygens (including phenoxy) is 1. The lowest BCUT2D eigenvalue weighted by molar-refractivity contribution is -0.139. The minimum Gasteiger partial charge on any atom is -0.480 e. The predicted molar refractivity (Wildman–Crippen MR) is 74.1 cm³/mol. The van der Waals surface area contributed by atoms with Gasteiger partial charge in [0.25, 0.3) is 5.91 Å². The Morgan fingerprint density at radius 3 is 2.90 bits per heavy atom. The molecular weight excluding hydrogens is 284 g/mol. The van der Waals surface area contributed by atoms with E-state index in [1.807, 2.05) is 0 Å². The van der Waals surface area contributed by atoms with Crippen molar-refractivity contribution in [3.05, 3.63) is 29.3 Å². The highest BCUT2D eigenvalue weighted by Gasteiger charge is 2.29. The molecule has 1 heterocycles. The van der Waals surface area contributed by atoms with Gasteiger partial charge in [0.05, 0.1) is 6.61 Å². The van der Waals surface area contributed by atoms with Crippen LogP contribution in [0.1, 0.15) is 0 Å². The number of morpholine rings is 1. The molecule has 1 fully saturated rings. The van der Waals surface area contributed by atoms with Crippen LogP contribution in [0.2, 0.25) is 5.02 Å². The van der Waals surface area contributed by atoms with E-state index in [1.54, 1.807) is 24.3 Å². The number of carbonyl (C=O) groups is 2. The second-order valence-corrected chi connectivity index (χ2v) is 4.80. The van der Waals surface area contributed by atoms with Crippen LogP contribution in [0.3, 0.4) is 0 Å². The molecule has 1 atom stereocenters. The molecule has 7 heteroatoms. The molecule has 2 N–H and O–H groups in total. The molecular formula is C13H15ClN2O4. The molecule has 108 valence electrons. The molecule has 2 rings (SSSR count). The topological polar surface area (TPSA) is 78.9 Å². The molecule has 1 aromatic rings. The molecule has 1 aliphatic heterocycles. The number of anilines is 1. The fraction of sp³-hybridized carbons (Fsp3) is 0.385. The van der Waals surface area contributed by atoms with Crippen LogP contribution in [0, 0.1) is 0 Å². The second kappa shape index (κ2) is 6.69. The maximum absolute atomic E-state index is 12.4. The van der Waals surface area contributed by atoms with E-state index in [1.165, 1.54) is 4.90 Å². The molecule has 1 unspecified atom stereocenters. The molecule has 1 saturated heterocycles. The third kappa shape index (κ3) is 3.69. The Hall–Kier alpha value is -1.63. The first-order valence-electron chi connectivity index (χ1n) is 6.19. The zero-order chi connectivity index (χ0) is 14.5. The van der Waals surface area contributed by atoms with Crippen molar-refractivity contribution < 1.29 is 19.4 Å². The van der Waals surface area contributed by atoms with Crippen molar-refractivity contribution in [1.82, 2.24) is 5.32 Å². The van der Waals surface area contributed by atoms with Crippen LogP contribution in [0.25, 0.3) is 0 Å². The molecule has 0 spiro atoms. The quantitative estimate of drug-likeness (QED) is 0.857. The second-order valence-electron chi connectivity index (χ2n) is 4.36. The number of rotatable bonds is 4. The van der Waals surface area contributed by atoms with Crippen LogP contribution >= 0.6 is 11.6 Å². The predicted octanol–water partition coefficient (Wildman–Crippen LogP) is 0.746. The number of aliphatic carboxylic acids is 1. The number of benzene rings is 1. The molecule has 20 heavy (non-hydrogen) atoms. The molecule has 1 aromatic carbocycles. The number of hydrogen-bond donors (Lipinski definition) is 2. The van der Waals surface area contributed by atoms with Crippen molar-refractivity contribution >= 4 is 29.2 Å². The van der Waals surface area contributed by atoms with E-state index in [9.17, 15) is 9.59 Å². The largest absolute Gasteiger partial charge is 0.480 e. The van der Waals surface area contributed by atoms with Gasteiger partial charge in [-0.15, -0.1) is 0 Å². The number of carboxylic acid groups (broad SMARTS) is 1. The van der Waals surface area contributed by atoms with E-state index in [0.717, 1.165) is 0 Å². The summed E-state index contributed by atoms with van der Waals surface area (Å²) in [5.41, 5.74) is 0.444. The normalized spacial score (nSPS) is 18.6. The monoisotopic (exact) mass is 298 g/mol. The summed E-state index contributed by atoms with van der Waals surface area (Å²) in [5.74, 6) is -1.48. The summed E-state index contributed by atoms with van der Waals surface area (Å²) in [5, 5.41) is 12.5. The van der Waals surface area contributed by atoms with E-state index < -0.39 is 18.6 Å². The molecule has 6 nitrogen and oxygen atoms in total. The fourth-order valence-electron chi connectivity index (χ4n) is 1.97. The van der Waals surface area contributed by atoms with Gasteiger partial charge in [-0.05, 0) is 18.2 Å². The van der Waals surface area contributed by atoms with E-state index >= 15 is 0 Å². The van der Waals surface area contributed by atoms with Crippen molar-refractivity contribution in [1.29, 1.82) is 0 Å². The number of hydrogen-bond acceptors (Lipinski definition) is 4. The van der Waals surface area contributed by atoms with Crippen LogP contribution < -0.4 is 10.2 Å². The third-order valence-corrected chi connectivity index (χ3v) is 3.12. The molecule has 1 amide bonds. The number of amides is 1. The van der Waals surface area contributed by atoms with Crippen LogP contribution in [0.5, 0.6) is 0 Å². The van der Waals surface area contributed by atoms with Gasteiger partial charge in [-0.1, -0.05) is 17.7 Å². The molecule has 1 aliphatic rings. The number of carboxylic acids is 1. The molecule has 0 bridgehead atoms. The summed E-state index contributed by atoms with van der Waals surface area (Å²) >= 11 is 5.89. The zero-order valence-electron chi connectivity index (χ0n) is 10.7. The first-order valence-corrected chi connectivity index (χ1v) is 6.57. The smallest absolute Gasteiger partial charge is 0.323 e. The number of nitrogens with one attached hydrogen (secondary N) is 1. The number of halogens is 1. The lowest BCUT2D eigenvalue weighted by atomic mass is 10.2. The first kappa shape index (κ1) is 14.8. The molecule has 0 saturated carbocycles. The maximum atomic E-state index is 12.4. The van der Waals surface area contributed by atoms with Crippen molar-refractivity contribution in [3.63, 3.8) is 0 Å². The summed E-state index contributed by atoms with van der Waals surface area (Å²) in [6.45, 7) is 1.04. The van der Waals surface area contributed by atoms with E-state index in [4.69, 9.17) is 21.4 Å². The van der Waals surface area contributed by atoms with Gasteiger partial charge in [0, 0.05) is 23.8 Å². The van der Waals surface area contributed by atoms with Gasteiger partial charge in [-0.3, -0.25) is 14.5 Å². The average molecular weight is 299 g/mol. The molecule has 0 radical (unpaired) electrons. The van der Waals surface area contributed by atoms with Crippen LogP contribution in [-0.4, -0.2) is 49.3 Å². The Balaban J connectivity index is 2.22. The van der Waals surface area contributed by atoms with E-state index in [2.05, 4.69) is 5.32 Å². The summed E-state index contributed by atoms with van der Waals surface area (Å²) < 4.78 is 5.37. The fourth-order valence-corrected chi connectivity index (χ4v) is 2.16. The van der Waals surface area contributed by atoms with Crippen LogP contribution in [0.15, 0.2) is 24.3 Å². The number of nitrogens with zero attached hydrogens (tertiary/aromatic N) is 1. The van der Waals surface area contributed by atoms with Gasteiger partial charge in [-0.2, -0.15) is 0 Å². The highest BCUT2D eigenvalue weighted by Crippen LogP contribution is 2.20. The summed E-state index contributed by atoms with van der Waals surface area (Å²) in [4.78, 5) is 24.5. The summed E-state index contributed by atoms with van der Waals surface area (Å²) in [6, 6.07) is 6.52. The minimum absolute atomic E-state index is 0.371.